The third kappa shape index (κ3) is 5.12. The molecule has 0 saturated carbocycles. The van der Waals surface area contributed by atoms with Crippen molar-refractivity contribution < 1.29 is 9.53 Å². The number of hydrogen-bond acceptors (Lipinski definition) is 6. The van der Waals surface area contributed by atoms with Gasteiger partial charge in [0.25, 0.3) is 5.91 Å². The predicted octanol–water partition coefficient (Wildman–Crippen LogP) is 3.07. The van der Waals surface area contributed by atoms with Crippen molar-refractivity contribution >= 4 is 17.8 Å². The third-order valence-electron chi connectivity index (χ3n) is 5.48. The highest BCUT2D eigenvalue weighted by atomic mass is 16.5. The van der Waals surface area contributed by atoms with E-state index in [9.17, 15) is 4.79 Å². The van der Waals surface area contributed by atoms with Crippen LogP contribution in [0.15, 0.2) is 60.8 Å². The van der Waals surface area contributed by atoms with E-state index in [1.807, 2.05) is 48.5 Å². The molecule has 3 heterocycles. The number of ether oxygens (including phenoxy) is 1. The first-order valence-electron chi connectivity index (χ1n) is 10.6. The van der Waals surface area contributed by atoms with Gasteiger partial charge in [-0.3, -0.25) is 14.7 Å². The van der Waals surface area contributed by atoms with Gasteiger partial charge in [-0.15, -0.1) is 0 Å². The highest BCUT2D eigenvalue weighted by molar-refractivity contribution is 5.98. The summed E-state index contributed by atoms with van der Waals surface area (Å²) in [6.07, 6.45) is 6.71. The van der Waals surface area contributed by atoms with E-state index in [1.165, 1.54) is 0 Å². The first-order chi connectivity index (χ1) is 15.6. The SMILES string of the molecule is COc1ccccc1/C=C/CN1CCc2nc(N)c(C(=O)NCc3ccccn3)cc2C1. The van der Waals surface area contributed by atoms with Gasteiger partial charge < -0.3 is 15.8 Å². The van der Waals surface area contributed by atoms with E-state index in [2.05, 4.69) is 32.3 Å². The normalized spacial score (nSPS) is 13.7. The number of methoxy groups -OCH3 is 1. The van der Waals surface area contributed by atoms with Crippen molar-refractivity contribution in [1.82, 2.24) is 20.2 Å². The van der Waals surface area contributed by atoms with Crippen LogP contribution in [-0.2, 0) is 19.5 Å². The Morgan fingerprint density at radius 2 is 2.09 bits per heavy atom. The van der Waals surface area contributed by atoms with Crippen LogP contribution in [-0.4, -0.2) is 41.0 Å². The number of aromatic nitrogens is 2. The maximum Gasteiger partial charge on any atom is 0.255 e. The third-order valence-corrected chi connectivity index (χ3v) is 5.48. The van der Waals surface area contributed by atoms with Gasteiger partial charge in [0.1, 0.15) is 11.6 Å². The number of anilines is 1. The van der Waals surface area contributed by atoms with Gasteiger partial charge in [0.2, 0.25) is 0 Å². The first-order valence-corrected chi connectivity index (χ1v) is 10.6. The number of benzene rings is 1. The molecule has 0 atom stereocenters. The Morgan fingerprint density at radius 1 is 1.25 bits per heavy atom. The highest BCUT2D eigenvalue weighted by Gasteiger charge is 2.21. The lowest BCUT2D eigenvalue weighted by Crippen LogP contribution is -2.32. The Labute approximate surface area is 187 Å². The smallest absolute Gasteiger partial charge is 0.255 e. The van der Waals surface area contributed by atoms with Crippen molar-refractivity contribution in [3.63, 3.8) is 0 Å². The summed E-state index contributed by atoms with van der Waals surface area (Å²) in [5, 5.41) is 2.88. The average molecular weight is 430 g/mol. The van der Waals surface area contributed by atoms with Crippen LogP contribution in [0, 0.1) is 0 Å². The maximum atomic E-state index is 12.7. The molecular formula is C25H27N5O2. The van der Waals surface area contributed by atoms with Gasteiger partial charge in [0.05, 0.1) is 24.9 Å². The van der Waals surface area contributed by atoms with Gasteiger partial charge in [-0.05, 0) is 29.8 Å². The summed E-state index contributed by atoms with van der Waals surface area (Å²) in [6.45, 7) is 2.75. The Bertz CT molecular complexity index is 1110. The van der Waals surface area contributed by atoms with E-state index in [-0.39, 0.29) is 11.7 Å². The molecule has 164 valence electrons. The summed E-state index contributed by atoms with van der Waals surface area (Å²) in [5.41, 5.74) is 10.4. The molecule has 32 heavy (non-hydrogen) atoms. The fourth-order valence-electron chi connectivity index (χ4n) is 3.79. The molecule has 3 aromatic rings. The topological polar surface area (TPSA) is 93.4 Å². The summed E-state index contributed by atoms with van der Waals surface area (Å²) < 4.78 is 5.40. The van der Waals surface area contributed by atoms with Crippen LogP contribution in [0.4, 0.5) is 5.82 Å². The molecule has 0 fully saturated rings. The molecule has 0 radical (unpaired) electrons. The minimum atomic E-state index is -0.239. The fraction of sp³-hybridized carbons (Fsp3) is 0.240. The minimum Gasteiger partial charge on any atom is -0.496 e. The Kier molecular flexibility index (Phi) is 6.77. The van der Waals surface area contributed by atoms with Gasteiger partial charge in [0, 0.05) is 43.5 Å². The number of rotatable bonds is 7. The van der Waals surface area contributed by atoms with E-state index in [0.717, 1.165) is 54.3 Å². The van der Waals surface area contributed by atoms with Gasteiger partial charge >= 0.3 is 0 Å². The van der Waals surface area contributed by atoms with Gasteiger partial charge in [-0.2, -0.15) is 0 Å². The maximum absolute atomic E-state index is 12.7. The van der Waals surface area contributed by atoms with Crippen molar-refractivity contribution in [3.8, 4) is 5.75 Å². The van der Waals surface area contributed by atoms with Gasteiger partial charge in [-0.25, -0.2) is 4.98 Å². The molecule has 0 unspecified atom stereocenters. The minimum absolute atomic E-state index is 0.239. The number of amides is 1. The summed E-state index contributed by atoms with van der Waals surface area (Å²) in [4.78, 5) is 23.8. The summed E-state index contributed by atoms with van der Waals surface area (Å²) >= 11 is 0. The lowest BCUT2D eigenvalue weighted by atomic mass is 10.0. The van der Waals surface area contributed by atoms with E-state index >= 15 is 0 Å². The van der Waals surface area contributed by atoms with Crippen LogP contribution in [0.1, 0.15) is 32.9 Å². The largest absolute Gasteiger partial charge is 0.496 e. The second kappa shape index (κ2) is 10.1. The second-order valence-corrected chi connectivity index (χ2v) is 7.66. The van der Waals surface area contributed by atoms with Gasteiger partial charge in [0.15, 0.2) is 0 Å². The van der Waals surface area contributed by atoms with Gasteiger partial charge in [-0.1, -0.05) is 36.4 Å². The molecule has 7 heteroatoms. The molecule has 0 saturated heterocycles. The summed E-state index contributed by atoms with van der Waals surface area (Å²) in [7, 11) is 1.68. The quantitative estimate of drug-likeness (QED) is 0.600. The van der Waals surface area contributed by atoms with Crippen molar-refractivity contribution in [3.05, 3.63) is 88.9 Å². The van der Waals surface area contributed by atoms with E-state index in [4.69, 9.17) is 10.5 Å². The van der Waals surface area contributed by atoms with Crippen LogP contribution in [0.5, 0.6) is 5.75 Å². The van der Waals surface area contributed by atoms with Crippen LogP contribution in [0.2, 0.25) is 0 Å². The first kappa shape index (κ1) is 21.5. The van der Waals surface area contributed by atoms with Crippen LogP contribution in [0.3, 0.4) is 0 Å². The number of fused-ring (bicyclic) bond motifs is 1. The standard InChI is InChI=1S/C25H27N5O2/c1-32-23-10-3-2-7-18(23)8-6-13-30-14-11-22-19(17-30)15-21(24(26)29-22)25(31)28-16-20-9-4-5-12-27-20/h2-10,12,15H,11,13-14,16-17H2,1H3,(H2,26,29)(H,28,31)/b8-6+. The molecule has 1 amide bonds. The van der Waals surface area contributed by atoms with Crippen molar-refractivity contribution in [2.24, 2.45) is 0 Å². The molecule has 1 aromatic carbocycles. The lowest BCUT2D eigenvalue weighted by Gasteiger charge is -2.27. The lowest BCUT2D eigenvalue weighted by molar-refractivity contribution is 0.0950. The number of para-hydroxylation sites is 1. The zero-order valence-corrected chi connectivity index (χ0v) is 18.1. The molecule has 1 aliphatic heterocycles. The number of nitrogen functional groups attached to an aromatic ring is 1. The molecule has 2 aromatic heterocycles. The van der Waals surface area contributed by atoms with E-state index < -0.39 is 0 Å². The zero-order chi connectivity index (χ0) is 22.3. The molecular weight excluding hydrogens is 402 g/mol. The van der Waals surface area contributed by atoms with Crippen molar-refractivity contribution in [1.29, 1.82) is 0 Å². The Balaban J connectivity index is 1.41. The van der Waals surface area contributed by atoms with Crippen LogP contribution >= 0.6 is 0 Å². The average Bonchev–Trinajstić information content (AvgIpc) is 2.83. The number of pyridine rings is 2. The summed E-state index contributed by atoms with van der Waals surface area (Å²) in [6, 6.07) is 15.4. The molecule has 0 spiro atoms. The van der Waals surface area contributed by atoms with Crippen LogP contribution in [0.25, 0.3) is 6.08 Å². The van der Waals surface area contributed by atoms with Crippen LogP contribution < -0.4 is 15.8 Å². The second-order valence-electron chi connectivity index (χ2n) is 7.66. The monoisotopic (exact) mass is 429 g/mol. The summed E-state index contributed by atoms with van der Waals surface area (Å²) in [5.74, 6) is 0.886. The Morgan fingerprint density at radius 3 is 2.91 bits per heavy atom. The number of nitrogens with two attached hydrogens (primary N) is 1. The zero-order valence-electron chi connectivity index (χ0n) is 18.1. The molecule has 3 N–H and O–H groups in total. The van der Waals surface area contributed by atoms with E-state index in [0.29, 0.717) is 12.1 Å². The number of carbonyl (C=O) groups is 1. The molecule has 4 rings (SSSR count). The molecule has 7 nitrogen and oxygen atoms in total. The number of carbonyl (C=O) groups excluding carboxylic acids is 1. The van der Waals surface area contributed by atoms with Crippen molar-refractivity contribution in [2.45, 2.75) is 19.5 Å². The molecule has 1 aliphatic rings. The molecule has 0 bridgehead atoms. The van der Waals surface area contributed by atoms with Crippen molar-refractivity contribution in [2.75, 3.05) is 25.9 Å². The van der Waals surface area contributed by atoms with E-state index in [1.54, 1.807) is 13.3 Å². The predicted molar refractivity (Wildman–Crippen MR) is 125 cm³/mol. The molecule has 0 aliphatic carbocycles. The highest BCUT2D eigenvalue weighted by Crippen LogP contribution is 2.23. The number of hydrogen-bond donors (Lipinski definition) is 2. The fourth-order valence-corrected chi connectivity index (χ4v) is 3.79. The number of nitrogens with zero attached hydrogens (tertiary/aromatic N) is 3. The Hall–Kier alpha value is -3.71. The number of nitrogens with one attached hydrogen (secondary N) is 1.